The van der Waals surface area contributed by atoms with Crippen molar-refractivity contribution in [3.05, 3.63) is 33.3 Å². The van der Waals surface area contributed by atoms with Gasteiger partial charge in [-0.25, -0.2) is 0 Å². The van der Waals surface area contributed by atoms with Gasteiger partial charge in [-0.15, -0.1) is 0 Å². The molecule has 3 nitrogen and oxygen atoms in total. The topological polar surface area (TPSA) is 46.3 Å². The minimum atomic E-state index is 0.0417. The predicted molar refractivity (Wildman–Crippen MR) is 81.5 cm³/mol. The molecule has 0 spiro atoms. The average molecular weight is 346 g/mol. The molecule has 1 fully saturated rings. The second kappa shape index (κ2) is 6.25. The summed E-state index contributed by atoms with van der Waals surface area (Å²) in [6.45, 7) is 2.61. The van der Waals surface area contributed by atoms with Crippen LogP contribution in [0.5, 0.6) is 0 Å². The van der Waals surface area contributed by atoms with Crippen LogP contribution in [0, 0.1) is 0 Å². The first kappa shape index (κ1) is 14.8. The van der Waals surface area contributed by atoms with Crippen molar-refractivity contribution in [2.24, 2.45) is 5.73 Å². The minimum Gasteiger partial charge on any atom is -0.332 e. The zero-order valence-electron chi connectivity index (χ0n) is 10.9. The number of hydrogen-bond acceptors (Lipinski definition) is 2. The molecular formula is C14H18BrClN2O. The van der Waals surface area contributed by atoms with E-state index in [1.165, 1.54) is 0 Å². The Morgan fingerprint density at radius 3 is 2.89 bits per heavy atom. The van der Waals surface area contributed by atoms with Gasteiger partial charge in [-0.2, -0.15) is 0 Å². The van der Waals surface area contributed by atoms with Gasteiger partial charge in [0.2, 0.25) is 0 Å². The number of rotatable bonds is 2. The summed E-state index contributed by atoms with van der Waals surface area (Å²) in [7, 11) is 0. The highest BCUT2D eigenvalue weighted by atomic mass is 79.9. The molecule has 0 bridgehead atoms. The number of amides is 1. The van der Waals surface area contributed by atoms with E-state index in [0.29, 0.717) is 17.1 Å². The molecule has 1 aliphatic heterocycles. The third kappa shape index (κ3) is 3.12. The van der Waals surface area contributed by atoms with Crippen molar-refractivity contribution in [2.75, 3.05) is 6.54 Å². The van der Waals surface area contributed by atoms with Crippen molar-refractivity contribution in [3.63, 3.8) is 0 Å². The Morgan fingerprint density at radius 2 is 2.26 bits per heavy atom. The number of likely N-dealkylation sites (tertiary alicyclic amines) is 1. The zero-order valence-corrected chi connectivity index (χ0v) is 13.2. The lowest BCUT2D eigenvalue weighted by Gasteiger charge is -2.40. The molecule has 0 aliphatic carbocycles. The normalized spacial score (nSPS) is 23.5. The van der Waals surface area contributed by atoms with Gasteiger partial charge >= 0.3 is 0 Å². The van der Waals surface area contributed by atoms with Gasteiger partial charge in [-0.05, 0) is 60.3 Å². The Labute approximate surface area is 127 Å². The standard InChI is InChI=1S/C14H18BrClN2O/c1-9-3-2-4-11(8-17)18(9)14(19)10-5-6-13(16)12(15)7-10/h5-7,9,11H,2-4,8,17H2,1H3. The monoisotopic (exact) mass is 344 g/mol. The average Bonchev–Trinajstić information content (AvgIpc) is 2.40. The molecule has 1 saturated heterocycles. The first-order valence-electron chi connectivity index (χ1n) is 6.52. The maximum atomic E-state index is 12.6. The molecule has 0 radical (unpaired) electrons. The van der Waals surface area contributed by atoms with Crippen LogP contribution in [0.2, 0.25) is 5.02 Å². The highest BCUT2D eigenvalue weighted by Crippen LogP contribution is 2.27. The SMILES string of the molecule is CC1CCCC(CN)N1C(=O)c1ccc(Cl)c(Br)c1. The Morgan fingerprint density at radius 1 is 1.53 bits per heavy atom. The number of nitrogens with zero attached hydrogens (tertiary/aromatic N) is 1. The fourth-order valence-electron chi connectivity index (χ4n) is 2.66. The molecule has 1 aromatic rings. The molecule has 1 aromatic carbocycles. The third-order valence-electron chi connectivity index (χ3n) is 3.70. The number of nitrogens with two attached hydrogens (primary N) is 1. The Bertz CT molecular complexity index is 481. The number of carbonyl (C=O) groups excluding carboxylic acids is 1. The second-order valence-corrected chi connectivity index (χ2v) is 6.27. The van der Waals surface area contributed by atoms with Crippen molar-refractivity contribution >= 4 is 33.4 Å². The van der Waals surface area contributed by atoms with Crippen molar-refractivity contribution in [1.82, 2.24) is 4.90 Å². The van der Waals surface area contributed by atoms with Crippen molar-refractivity contribution in [3.8, 4) is 0 Å². The summed E-state index contributed by atoms with van der Waals surface area (Å²) in [5.41, 5.74) is 6.46. The number of hydrogen-bond donors (Lipinski definition) is 1. The Hall–Kier alpha value is -0.580. The summed E-state index contributed by atoms with van der Waals surface area (Å²) < 4.78 is 0.744. The van der Waals surface area contributed by atoms with Gasteiger partial charge in [-0.3, -0.25) is 4.79 Å². The van der Waals surface area contributed by atoms with E-state index in [9.17, 15) is 4.79 Å². The molecule has 1 heterocycles. The summed E-state index contributed by atoms with van der Waals surface area (Å²) in [5.74, 6) is 0.0417. The summed E-state index contributed by atoms with van der Waals surface area (Å²) in [6, 6.07) is 5.67. The van der Waals surface area contributed by atoms with Crippen LogP contribution in [0.4, 0.5) is 0 Å². The third-order valence-corrected chi connectivity index (χ3v) is 4.91. The van der Waals surface area contributed by atoms with E-state index >= 15 is 0 Å². The summed E-state index contributed by atoms with van der Waals surface area (Å²) in [6.07, 6.45) is 3.16. The molecule has 104 valence electrons. The minimum absolute atomic E-state index is 0.0417. The Balaban J connectivity index is 2.27. The smallest absolute Gasteiger partial charge is 0.254 e. The predicted octanol–water partition coefficient (Wildman–Crippen LogP) is 3.44. The number of carbonyl (C=O) groups is 1. The van der Waals surface area contributed by atoms with E-state index in [4.69, 9.17) is 17.3 Å². The summed E-state index contributed by atoms with van der Waals surface area (Å²) in [4.78, 5) is 14.6. The van der Waals surface area contributed by atoms with Gasteiger partial charge in [0.05, 0.1) is 5.02 Å². The van der Waals surface area contributed by atoms with Gasteiger partial charge in [0.1, 0.15) is 0 Å². The van der Waals surface area contributed by atoms with Gasteiger partial charge in [0, 0.05) is 28.7 Å². The number of halogens is 2. The molecule has 19 heavy (non-hydrogen) atoms. The molecule has 0 aromatic heterocycles. The largest absolute Gasteiger partial charge is 0.332 e. The first-order valence-corrected chi connectivity index (χ1v) is 7.69. The molecule has 2 rings (SSSR count). The maximum absolute atomic E-state index is 12.6. The van der Waals surface area contributed by atoms with Crippen LogP contribution in [0.1, 0.15) is 36.5 Å². The summed E-state index contributed by atoms with van der Waals surface area (Å²) in [5, 5.41) is 0.610. The molecule has 1 aliphatic rings. The highest BCUT2D eigenvalue weighted by Gasteiger charge is 2.31. The van der Waals surface area contributed by atoms with Crippen molar-refractivity contribution in [2.45, 2.75) is 38.3 Å². The first-order chi connectivity index (χ1) is 9.04. The zero-order chi connectivity index (χ0) is 14.0. The molecule has 2 N–H and O–H groups in total. The molecule has 1 amide bonds. The van der Waals surface area contributed by atoms with Crippen LogP contribution < -0.4 is 5.73 Å². The lowest BCUT2D eigenvalue weighted by Crippen LogP contribution is -2.51. The van der Waals surface area contributed by atoms with E-state index in [1.54, 1.807) is 18.2 Å². The van der Waals surface area contributed by atoms with Crippen molar-refractivity contribution in [1.29, 1.82) is 0 Å². The van der Waals surface area contributed by atoms with Gasteiger partial charge in [0.15, 0.2) is 0 Å². The van der Waals surface area contributed by atoms with Crippen LogP contribution in [-0.4, -0.2) is 29.4 Å². The van der Waals surface area contributed by atoms with E-state index < -0.39 is 0 Å². The van der Waals surface area contributed by atoms with E-state index in [2.05, 4.69) is 22.9 Å². The van der Waals surface area contributed by atoms with Crippen LogP contribution >= 0.6 is 27.5 Å². The van der Waals surface area contributed by atoms with Gasteiger partial charge < -0.3 is 10.6 Å². The molecule has 5 heteroatoms. The fourth-order valence-corrected chi connectivity index (χ4v) is 3.16. The molecule has 2 unspecified atom stereocenters. The van der Waals surface area contributed by atoms with Crippen LogP contribution in [-0.2, 0) is 0 Å². The van der Waals surface area contributed by atoms with Crippen LogP contribution in [0.3, 0.4) is 0 Å². The number of piperidine rings is 1. The van der Waals surface area contributed by atoms with E-state index in [1.807, 2.05) is 4.90 Å². The van der Waals surface area contributed by atoms with Crippen LogP contribution in [0.15, 0.2) is 22.7 Å². The fraction of sp³-hybridized carbons (Fsp3) is 0.500. The van der Waals surface area contributed by atoms with Crippen molar-refractivity contribution < 1.29 is 4.79 Å². The summed E-state index contributed by atoms with van der Waals surface area (Å²) >= 11 is 9.32. The molecule has 0 saturated carbocycles. The van der Waals surface area contributed by atoms with E-state index in [-0.39, 0.29) is 18.0 Å². The molecule has 2 atom stereocenters. The molecular weight excluding hydrogens is 328 g/mol. The lowest BCUT2D eigenvalue weighted by molar-refractivity contribution is 0.0494. The van der Waals surface area contributed by atoms with E-state index in [0.717, 1.165) is 23.7 Å². The highest BCUT2D eigenvalue weighted by molar-refractivity contribution is 9.10. The van der Waals surface area contributed by atoms with Gasteiger partial charge in [-0.1, -0.05) is 11.6 Å². The van der Waals surface area contributed by atoms with Gasteiger partial charge in [0.25, 0.3) is 5.91 Å². The number of benzene rings is 1. The maximum Gasteiger partial charge on any atom is 0.254 e. The van der Waals surface area contributed by atoms with Crippen LogP contribution in [0.25, 0.3) is 0 Å². The Kier molecular flexibility index (Phi) is 4.87. The quantitative estimate of drug-likeness (QED) is 0.892. The second-order valence-electron chi connectivity index (χ2n) is 5.01. The lowest BCUT2D eigenvalue weighted by atomic mass is 9.95.